The lowest BCUT2D eigenvalue weighted by atomic mass is 10.2. The van der Waals surface area contributed by atoms with E-state index in [4.69, 9.17) is 9.15 Å². The van der Waals surface area contributed by atoms with Gasteiger partial charge in [0, 0.05) is 28.3 Å². The minimum atomic E-state index is -4.46. The Balaban J connectivity index is 1.24. The Kier molecular flexibility index (Phi) is 6.77. The van der Waals surface area contributed by atoms with Gasteiger partial charge in [-0.2, -0.15) is 18.3 Å². The first kappa shape index (κ1) is 22.7. The number of nitrogens with zero attached hydrogens (tertiary/aromatic N) is 2. The van der Waals surface area contributed by atoms with E-state index in [1.807, 2.05) is 24.3 Å². The van der Waals surface area contributed by atoms with Crippen LogP contribution in [0.3, 0.4) is 0 Å². The summed E-state index contributed by atoms with van der Waals surface area (Å²) >= 11 is 2.21. The van der Waals surface area contributed by atoms with Crippen molar-refractivity contribution in [2.75, 3.05) is 6.54 Å². The molecule has 2 aromatic heterocycles. The van der Waals surface area contributed by atoms with Crippen LogP contribution in [0.25, 0.3) is 0 Å². The number of halogens is 4. The van der Waals surface area contributed by atoms with E-state index in [0.29, 0.717) is 36.7 Å². The maximum Gasteiger partial charge on any atom is 0.435 e. The van der Waals surface area contributed by atoms with Gasteiger partial charge in [-0.3, -0.25) is 9.48 Å². The summed E-state index contributed by atoms with van der Waals surface area (Å²) in [7, 11) is 0. The molecule has 0 bridgehead atoms. The fourth-order valence-electron chi connectivity index (χ4n) is 3.24. The fourth-order valence-corrected chi connectivity index (χ4v) is 3.60. The van der Waals surface area contributed by atoms with Gasteiger partial charge in [0.2, 0.25) is 0 Å². The van der Waals surface area contributed by atoms with Crippen molar-refractivity contribution < 1.29 is 27.1 Å². The average Bonchev–Trinajstić information content (AvgIpc) is 3.31. The number of carbonyl (C=O) groups excluding carboxylic acids is 1. The molecule has 0 aliphatic heterocycles. The number of ether oxygens (including phenoxy) is 1. The third kappa shape index (κ3) is 5.84. The minimum absolute atomic E-state index is 0.149. The smallest absolute Gasteiger partial charge is 0.435 e. The molecule has 2 heterocycles. The minimum Gasteiger partial charge on any atom is -0.486 e. The summed E-state index contributed by atoms with van der Waals surface area (Å²) in [5.41, 5.74) is -0.244. The van der Waals surface area contributed by atoms with Crippen LogP contribution in [0, 0.1) is 3.57 Å². The Hall–Kier alpha value is -2.50. The lowest BCUT2D eigenvalue weighted by molar-refractivity contribution is -0.141. The second-order valence-electron chi connectivity index (χ2n) is 7.57. The van der Waals surface area contributed by atoms with E-state index >= 15 is 0 Å². The highest BCUT2D eigenvalue weighted by molar-refractivity contribution is 14.1. The molecular weight excluding hydrogens is 538 g/mol. The number of furan rings is 1. The summed E-state index contributed by atoms with van der Waals surface area (Å²) in [5.74, 6) is 1.13. The number of nitrogens with one attached hydrogen (secondary N) is 1. The normalized spacial score (nSPS) is 13.9. The number of benzene rings is 1. The lowest BCUT2D eigenvalue weighted by Gasteiger charge is -2.07. The summed E-state index contributed by atoms with van der Waals surface area (Å²) in [6, 6.07) is 11.9. The predicted molar refractivity (Wildman–Crippen MR) is 118 cm³/mol. The largest absolute Gasteiger partial charge is 0.486 e. The first-order valence-corrected chi connectivity index (χ1v) is 11.3. The van der Waals surface area contributed by atoms with Crippen LogP contribution in [0.15, 0.2) is 46.9 Å². The predicted octanol–water partition coefficient (Wildman–Crippen LogP) is 5.38. The third-order valence-corrected chi connectivity index (χ3v) is 5.73. The Morgan fingerprint density at radius 1 is 1.22 bits per heavy atom. The Morgan fingerprint density at radius 2 is 1.97 bits per heavy atom. The molecule has 32 heavy (non-hydrogen) atoms. The molecular formula is C22H21F3IN3O3. The summed E-state index contributed by atoms with van der Waals surface area (Å²) in [6.07, 6.45) is -2.24. The van der Waals surface area contributed by atoms with Gasteiger partial charge in [-0.15, -0.1) is 0 Å². The second kappa shape index (κ2) is 9.55. The molecule has 0 unspecified atom stereocenters. The van der Waals surface area contributed by atoms with E-state index in [9.17, 15) is 18.0 Å². The van der Waals surface area contributed by atoms with E-state index in [0.717, 1.165) is 22.5 Å². The van der Waals surface area contributed by atoms with E-state index in [1.54, 1.807) is 12.1 Å². The Morgan fingerprint density at radius 3 is 2.66 bits per heavy atom. The van der Waals surface area contributed by atoms with Crippen molar-refractivity contribution in [1.82, 2.24) is 15.1 Å². The zero-order valence-corrected chi connectivity index (χ0v) is 19.1. The average molecular weight is 559 g/mol. The summed E-state index contributed by atoms with van der Waals surface area (Å²) in [5, 5.41) is 6.44. The molecule has 1 fully saturated rings. The monoisotopic (exact) mass is 559 g/mol. The van der Waals surface area contributed by atoms with Crippen molar-refractivity contribution in [1.29, 1.82) is 0 Å². The van der Waals surface area contributed by atoms with Crippen LogP contribution in [-0.4, -0.2) is 22.2 Å². The molecule has 0 saturated heterocycles. The van der Waals surface area contributed by atoms with Crippen molar-refractivity contribution in [3.8, 4) is 5.75 Å². The standard InChI is InChI=1S/C22H21F3IN3O3/c23-22(24,25)20-12-18(14-2-3-14)29(28-20)11-1-10-27-21(30)19-9-8-17(32-19)13-31-16-6-4-15(26)5-7-16/h4-9,12,14H,1-3,10-11,13H2,(H,27,30). The van der Waals surface area contributed by atoms with Gasteiger partial charge in [0.25, 0.3) is 5.91 Å². The number of alkyl halides is 3. The van der Waals surface area contributed by atoms with Crippen molar-refractivity contribution in [2.45, 2.75) is 44.5 Å². The van der Waals surface area contributed by atoms with Crippen LogP contribution < -0.4 is 10.1 Å². The maximum atomic E-state index is 13.0. The van der Waals surface area contributed by atoms with Gasteiger partial charge in [0.15, 0.2) is 11.5 Å². The fraction of sp³-hybridized carbons (Fsp3) is 0.364. The van der Waals surface area contributed by atoms with Crippen molar-refractivity contribution in [3.05, 3.63) is 68.9 Å². The highest BCUT2D eigenvalue weighted by atomic mass is 127. The number of rotatable bonds is 9. The zero-order chi connectivity index (χ0) is 22.7. The van der Waals surface area contributed by atoms with Gasteiger partial charge in [0.1, 0.15) is 18.1 Å². The van der Waals surface area contributed by atoms with Crippen molar-refractivity contribution in [3.63, 3.8) is 0 Å². The molecule has 1 amide bonds. The molecule has 0 spiro atoms. The van der Waals surface area contributed by atoms with Gasteiger partial charge >= 0.3 is 6.18 Å². The highest BCUT2D eigenvalue weighted by Crippen LogP contribution is 2.42. The Labute approximate surface area is 196 Å². The first-order chi connectivity index (χ1) is 15.3. The molecule has 1 aromatic carbocycles. The van der Waals surface area contributed by atoms with Gasteiger partial charge in [-0.25, -0.2) is 0 Å². The number of amides is 1. The van der Waals surface area contributed by atoms with Crippen LogP contribution >= 0.6 is 22.6 Å². The van der Waals surface area contributed by atoms with Crippen molar-refractivity contribution >= 4 is 28.5 Å². The molecule has 1 aliphatic rings. The third-order valence-electron chi connectivity index (χ3n) is 5.01. The van der Waals surface area contributed by atoms with Crippen molar-refractivity contribution in [2.24, 2.45) is 0 Å². The second-order valence-corrected chi connectivity index (χ2v) is 8.81. The zero-order valence-electron chi connectivity index (χ0n) is 17.0. The SMILES string of the molecule is O=C(NCCCn1nc(C(F)(F)F)cc1C1CC1)c1ccc(COc2ccc(I)cc2)o1. The Bertz CT molecular complexity index is 1070. The molecule has 1 aliphatic carbocycles. The molecule has 4 rings (SSSR count). The molecule has 1 N–H and O–H groups in total. The van der Waals surface area contributed by atoms with Crippen LogP contribution in [0.5, 0.6) is 5.75 Å². The number of hydrogen-bond donors (Lipinski definition) is 1. The van der Waals surface area contributed by atoms with Gasteiger partial charge in [-0.1, -0.05) is 0 Å². The number of aromatic nitrogens is 2. The molecule has 0 atom stereocenters. The van der Waals surface area contributed by atoms with Crippen LogP contribution in [0.2, 0.25) is 0 Å². The first-order valence-electron chi connectivity index (χ1n) is 10.2. The summed E-state index contributed by atoms with van der Waals surface area (Å²) < 4.78 is 52.6. The van der Waals surface area contributed by atoms with Gasteiger partial charge in [0.05, 0.1) is 0 Å². The molecule has 3 aromatic rings. The quantitative estimate of drug-likeness (QED) is 0.283. The van der Waals surface area contributed by atoms with E-state index in [1.165, 1.54) is 4.68 Å². The maximum absolute atomic E-state index is 13.0. The van der Waals surface area contributed by atoms with Crippen LogP contribution in [-0.2, 0) is 19.3 Å². The van der Waals surface area contributed by atoms with Gasteiger partial charge < -0.3 is 14.5 Å². The lowest BCUT2D eigenvalue weighted by Crippen LogP contribution is -2.25. The molecule has 170 valence electrons. The van der Waals surface area contributed by atoms with Crippen LogP contribution in [0.4, 0.5) is 13.2 Å². The number of carbonyl (C=O) groups is 1. The summed E-state index contributed by atoms with van der Waals surface area (Å²) in [4.78, 5) is 12.3. The van der Waals surface area contributed by atoms with E-state index < -0.39 is 11.9 Å². The topological polar surface area (TPSA) is 69.3 Å². The van der Waals surface area contributed by atoms with Gasteiger partial charge in [-0.05, 0) is 84.3 Å². The molecule has 0 radical (unpaired) electrons. The molecule has 10 heteroatoms. The van der Waals surface area contributed by atoms with Crippen LogP contribution in [0.1, 0.15) is 52.9 Å². The summed E-state index contributed by atoms with van der Waals surface area (Å²) in [6.45, 7) is 0.785. The van der Waals surface area contributed by atoms with E-state index in [2.05, 4.69) is 33.0 Å². The number of aryl methyl sites for hydroxylation is 1. The highest BCUT2D eigenvalue weighted by Gasteiger charge is 2.37. The molecule has 6 nitrogen and oxygen atoms in total. The number of hydrogen-bond acceptors (Lipinski definition) is 4. The molecule has 1 saturated carbocycles. The van der Waals surface area contributed by atoms with E-state index in [-0.39, 0.29) is 24.2 Å².